The lowest BCUT2D eigenvalue weighted by molar-refractivity contribution is -0.118. The van der Waals surface area contributed by atoms with E-state index in [1.54, 1.807) is 42.2 Å². The molecule has 0 amide bonds. The maximum Gasteiger partial charge on any atom is 0.341 e. The Bertz CT molecular complexity index is 1320. The van der Waals surface area contributed by atoms with Crippen molar-refractivity contribution in [1.29, 1.82) is 5.26 Å². The monoisotopic (exact) mass is 489 g/mol. The van der Waals surface area contributed by atoms with Crippen LogP contribution in [0.5, 0.6) is 0 Å². The fraction of sp³-hybridized carbons (Fsp3) is 0.240. The number of para-hydroxylation sites is 2. The molecule has 178 valence electrons. The minimum atomic E-state index is -0.689. The molecule has 9 nitrogen and oxygen atoms in total. The van der Waals surface area contributed by atoms with Crippen LogP contribution in [-0.2, 0) is 15.3 Å². The summed E-state index contributed by atoms with van der Waals surface area (Å²) in [6, 6.07) is 12.8. The van der Waals surface area contributed by atoms with Crippen LogP contribution in [0.4, 0.5) is 11.4 Å². The molecule has 0 saturated carbocycles. The lowest BCUT2D eigenvalue weighted by Crippen LogP contribution is -2.28. The first-order valence-electron chi connectivity index (χ1n) is 10.7. The SMILES string of the molecule is Cc1noc(C)c1CSc1ncccc1C(=O)OCC(=O)C(C#N)=C1N(C)c2ccccc2N1C. The van der Waals surface area contributed by atoms with E-state index in [4.69, 9.17) is 9.26 Å². The number of hydrogen-bond donors (Lipinski definition) is 0. The van der Waals surface area contributed by atoms with E-state index in [1.165, 1.54) is 11.8 Å². The van der Waals surface area contributed by atoms with Crippen LogP contribution in [0.25, 0.3) is 0 Å². The quantitative estimate of drug-likeness (QED) is 0.209. The van der Waals surface area contributed by atoms with Gasteiger partial charge in [-0.05, 0) is 38.1 Å². The van der Waals surface area contributed by atoms with Crippen molar-refractivity contribution in [2.45, 2.75) is 24.6 Å². The predicted molar refractivity (Wildman–Crippen MR) is 131 cm³/mol. The highest BCUT2D eigenvalue weighted by Gasteiger charge is 2.31. The summed E-state index contributed by atoms with van der Waals surface area (Å²) < 4.78 is 10.5. The summed E-state index contributed by atoms with van der Waals surface area (Å²) in [5, 5.41) is 14.2. The summed E-state index contributed by atoms with van der Waals surface area (Å²) in [4.78, 5) is 33.6. The molecule has 0 radical (unpaired) electrons. The molecule has 0 bridgehead atoms. The number of carbonyl (C=O) groups is 2. The highest BCUT2D eigenvalue weighted by atomic mass is 32.2. The van der Waals surface area contributed by atoms with Gasteiger partial charge in [-0.25, -0.2) is 9.78 Å². The zero-order chi connectivity index (χ0) is 25.1. The number of anilines is 2. The Hall–Kier alpha value is -4.10. The van der Waals surface area contributed by atoms with E-state index in [0.717, 1.165) is 22.6 Å². The van der Waals surface area contributed by atoms with E-state index in [0.29, 0.717) is 22.4 Å². The first kappa shape index (κ1) is 24.0. The molecule has 0 N–H and O–H groups in total. The fourth-order valence-electron chi connectivity index (χ4n) is 3.85. The number of ether oxygens (including phenoxy) is 1. The summed E-state index contributed by atoms with van der Waals surface area (Å²) in [7, 11) is 3.57. The highest BCUT2D eigenvalue weighted by molar-refractivity contribution is 7.98. The molecule has 1 aliphatic heterocycles. The molecule has 3 aromatic rings. The third-order valence-electron chi connectivity index (χ3n) is 5.71. The van der Waals surface area contributed by atoms with E-state index >= 15 is 0 Å². The predicted octanol–water partition coefficient (Wildman–Crippen LogP) is 4.03. The number of Topliss-reactive ketones (excluding diaryl/α,β-unsaturated/α-hetero) is 1. The van der Waals surface area contributed by atoms with Crippen molar-refractivity contribution < 1.29 is 18.8 Å². The van der Waals surface area contributed by atoms with Crippen molar-refractivity contribution >= 4 is 34.9 Å². The number of carbonyl (C=O) groups excluding carboxylic acids is 2. The van der Waals surface area contributed by atoms with Gasteiger partial charge in [-0.1, -0.05) is 17.3 Å². The maximum atomic E-state index is 12.9. The number of esters is 1. The molecular weight excluding hydrogens is 466 g/mol. The number of thioether (sulfide) groups is 1. The maximum absolute atomic E-state index is 12.9. The van der Waals surface area contributed by atoms with Gasteiger partial charge in [0.1, 0.15) is 28.2 Å². The van der Waals surface area contributed by atoms with Gasteiger partial charge in [-0.15, -0.1) is 11.8 Å². The zero-order valence-corrected chi connectivity index (χ0v) is 20.5. The van der Waals surface area contributed by atoms with Crippen molar-refractivity contribution in [3.05, 3.63) is 76.6 Å². The van der Waals surface area contributed by atoms with Crippen LogP contribution in [0, 0.1) is 25.2 Å². The number of nitriles is 1. The Morgan fingerprint density at radius 3 is 2.40 bits per heavy atom. The van der Waals surface area contributed by atoms with Gasteiger partial charge in [-0.3, -0.25) is 4.79 Å². The van der Waals surface area contributed by atoms with Gasteiger partial charge in [0.05, 0.1) is 22.6 Å². The third-order valence-corrected chi connectivity index (χ3v) is 6.75. The molecule has 0 saturated heterocycles. The molecule has 35 heavy (non-hydrogen) atoms. The number of aromatic nitrogens is 2. The van der Waals surface area contributed by atoms with Gasteiger partial charge in [0.15, 0.2) is 6.61 Å². The van der Waals surface area contributed by atoms with Crippen LogP contribution in [0.3, 0.4) is 0 Å². The van der Waals surface area contributed by atoms with Crippen LogP contribution in [-0.4, -0.2) is 42.6 Å². The number of benzene rings is 1. The average molecular weight is 490 g/mol. The molecule has 0 atom stereocenters. The zero-order valence-electron chi connectivity index (χ0n) is 19.7. The topological polar surface area (TPSA) is 113 Å². The normalized spacial score (nSPS) is 12.4. The lowest BCUT2D eigenvalue weighted by atomic mass is 10.2. The minimum Gasteiger partial charge on any atom is -0.454 e. The molecule has 1 aliphatic rings. The van der Waals surface area contributed by atoms with Gasteiger partial charge in [0.2, 0.25) is 5.78 Å². The van der Waals surface area contributed by atoms with Crippen molar-refractivity contribution in [1.82, 2.24) is 10.1 Å². The van der Waals surface area contributed by atoms with E-state index in [9.17, 15) is 14.9 Å². The Labute approximate surface area is 207 Å². The van der Waals surface area contributed by atoms with Crippen LogP contribution < -0.4 is 9.80 Å². The van der Waals surface area contributed by atoms with Crippen molar-refractivity contribution in [2.75, 3.05) is 30.5 Å². The molecule has 0 aliphatic carbocycles. The van der Waals surface area contributed by atoms with Gasteiger partial charge >= 0.3 is 5.97 Å². The second-order valence-electron chi connectivity index (χ2n) is 7.86. The summed E-state index contributed by atoms with van der Waals surface area (Å²) in [5.74, 6) is 0.387. The molecule has 0 unspecified atom stereocenters. The smallest absolute Gasteiger partial charge is 0.341 e. The van der Waals surface area contributed by atoms with E-state index in [1.807, 2.05) is 44.2 Å². The molecular formula is C25H23N5O4S. The molecule has 0 spiro atoms. The largest absolute Gasteiger partial charge is 0.454 e. The van der Waals surface area contributed by atoms with Gasteiger partial charge in [0.25, 0.3) is 0 Å². The summed E-state index contributed by atoms with van der Waals surface area (Å²) >= 11 is 1.35. The molecule has 10 heteroatoms. The van der Waals surface area contributed by atoms with Crippen LogP contribution >= 0.6 is 11.8 Å². The van der Waals surface area contributed by atoms with Gasteiger partial charge in [-0.2, -0.15) is 5.26 Å². The van der Waals surface area contributed by atoms with E-state index in [2.05, 4.69) is 10.1 Å². The number of fused-ring (bicyclic) bond motifs is 1. The van der Waals surface area contributed by atoms with Crippen LogP contribution in [0.1, 0.15) is 27.4 Å². The van der Waals surface area contributed by atoms with Crippen LogP contribution in [0.15, 0.2) is 63.5 Å². The summed E-state index contributed by atoms with van der Waals surface area (Å²) in [6.07, 6.45) is 1.58. The summed E-state index contributed by atoms with van der Waals surface area (Å²) in [5.41, 5.74) is 3.62. The number of hydrogen-bond acceptors (Lipinski definition) is 10. The molecule has 0 fully saturated rings. The molecule has 2 aromatic heterocycles. The first-order chi connectivity index (χ1) is 16.8. The lowest BCUT2D eigenvalue weighted by Gasteiger charge is -2.19. The summed E-state index contributed by atoms with van der Waals surface area (Å²) in [6.45, 7) is 3.12. The van der Waals surface area contributed by atoms with Crippen molar-refractivity contribution in [3.63, 3.8) is 0 Å². The van der Waals surface area contributed by atoms with Gasteiger partial charge < -0.3 is 19.1 Å². The second-order valence-corrected chi connectivity index (χ2v) is 8.83. The Balaban J connectivity index is 1.48. The van der Waals surface area contributed by atoms with E-state index < -0.39 is 18.4 Å². The number of pyridine rings is 1. The van der Waals surface area contributed by atoms with Crippen LogP contribution in [0.2, 0.25) is 0 Å². The van der Waals surface area contributed by atoms with Crippen molar-refractivity contribution in [3.8, 4) is 6.07 Å². The van der Waals surface area contributed by atoms with E-state index in [-0.39, 0.29) is 11.1 Å². The second kappa shape index (κ2) is 10.0. The number of ketones is 1. The fourth-order valence-corrected chi connectivity index (χ4v) is 4.98. The van der Waals surface area contributed by atoms with Crippen molar-refractivity contribution in [2.24, 2.45) is 0 Å². The average Bonchev–Trinajstić information content (AvgIpc) is 3.32. The van der Waals surface area contributed by atoms with Gasteiger partial charge in [0, 0.05) is 31.6 Å². The Morgan fingerprint density at radius 2 is 1.80 bits per heavy atom. The minimum absolute atomic E-state index is 0.0850. The molecule has 3 heterocycles. The number of nitrogens with zero attached hydrogens (tertiary/aromatic N) is 5. The first-order valence-corrected chi connectivity index (χ1v) is 11.7. The Kier molecular flexibility index (Phi) is 6.89. The third kappa shape index (κ3) is 4.63. The standard InChI is InChI=1S/C25H23N5O4S/c1-15-19(16(2)34-28-15)14-35-23-17(8-7-11-27-23)25(32)33-13-22(31)18(12-26)24-29(3)20-9-5-6-10-21(20)30(24)4/h5-11H,13-14H2,1-4H3. The Morgan fingerprint density at radius 1 is 1.11 bits per heavy atom. The molecule has 4 rings (SSSR count). The number of aryl methyl sites for hydroxylation is 2. The number of rotatable bonds is 7. The highest BCUT2D eigenvalue weighted by Crippen LogP contribution is 2.40. The molecule has 1 aromatic carbocycles.